The van der Waals surface area contributed by atoms with Crippen molar-refractivity contribution in [1.82, 2.24) is 15.6 Å². The molecule has 1 heterocycles. The summed E-state index contributed by atoms with van der Waals surface area (Å²) in [5.74, 6) is -0.410. The number of carbonyl (C=O) groups excluding carboxylic acids is 1. The zero-order chi connectivity index (χ0) is 18.2. The van der Waals surface area contributed by atoms with Crippen LogP contribution in [0.25, 0.3) is 0 Å². The minimum absolute atomic E-state index is 0.126. The lowest BCUT2D eigenvalue weighted by atomic mass is 9.98. The van der Waals surface area contributed by atoms with Gasteiger partial charge in [-0.1, -0.05) is 48.5 Å². The maximum Gasteiger partial charge on any atom is 0.234 e. The molecule has 0 spiro atoms. The van der Waals surface area contributed by atoms with Gasteiger partial charge in [-0.2, -0.15) is 0 Å². The van der Waals surface area contributed by atoms with E-state index < -0.39 is 0 Å². The minimum Gasteiger partial charge on any atom is -0.349 e. The fraction of sp³-hybridized carbons (Fsp3) is 0.143. The predicted molar refractivity (Wildman–Crippen MR) is 98.8 cm³/mol. The topological polar surface area (TPSA) is 54.0 Å². The van der Waals surface area contributed by atoms with Gasteiger partial charge < -0.3 is 5.32 Å². The van der Waals surface area contributed by atoms with Crippen LogP contribution in [0.4, 0.5) is 4.39 Å². The predicted octanol–water partition coefficient (Wildman–Crippen LogP) is 3.22. The van der Waals surface area contributed by atoms with E-state index in [9.17, 15) is 9.18 Å². The normalized spacial score (nSPS) is 11.7. The van der Waals surface area contributed by atoms with Gasteiger partial charge in [-0.3, -0.25) is 15.1 Å². The highest BCUT2D eigenvalue weighted by Crippen LogP contribution is 2.22. The molecule has 5 heteroatoms. The molecular weight excluding hydrogens is 329 g/mol. The summed E-state index contributed by atoms with van der Waals surface area (Å²) in [6, 6.07) is 21.5. The van der Waals surface area contributed by atoms with E-state index in [0.717, 1.165) is 16.8 Å². The molecule has 1 atom stereocenters. The maximum atomic E-state index is 13.2. The second-order valence-electron chi connectivity index (χ2n) is 5.87. The Hall–Kier alpha value is -3.05. The summed E-state index contributed by atoms with van der Waals surface area (Å²) in [6.45, 7) is 0.525. The number of halogens is 1. The van der Waals surface area contributed by atoms with Crippen molar-refractivity contribution in [3.05, 3.63) is 102 Å². The summed E-state index contributed by atoms with van der Waals surface area (Å²) >= 11 is 0. The summed E-state index contributed by atoms with van der Waals surface area (Å²) in [5.41, 5.74) is 2.71. The number of nitrogens with one attached hydrogen (secondary N) is 2. The van der Waals surface area contributed by atoms with Crippen LogP contribution in [0.3, 0.4) is 0 Å². The molecule has 26 heavy (non-hydrogen) atoms. The molecule has 3 rings (SSSR count). The van der Waals surface area contributed by atoms with Gasteiger partial charge in [-0.05, 0) is 35.4 Å². The van der Waals surface area contributed by atoms with Crippen LogP contribution in [0.15, 0.2) is 79.0 Å². The Morgan fingerprint density at radius 2 is 1.62 bits per heavy atom. The lowest BCUT2D eigenvalue weighted by Crippen LogP contribution is -2.36. The van der Waals surface area contributed by atoms with Gasteiger partial charge in [-0.15, -0.1) is 0 Å². The summed E-state index contributed by atoms with van der Waals surface area (Å²) in [7, 11) is 0. The second-order valence-corrected chi connectivity index (χ2v) is 5.87. The standard InChI is InChI=1S/C21H20FN3O/c22-18-11-9-17(10-12-18)21(16-6-2-1-3-7-16)25-15-20(26)24-14-19-8-4-5-13-23-19/h1-13,21,25H,14-15H2,(H,24,26)/t21-/m0/s1. The molecule has 0 bridgehead atoms. The first-order valence-electron chi connectivity index (χ1n) is 8.43. The van der Waals surface area contributed by atoms with E-state index >= 15 is 0 Å². The molecule has 2 N–H and O–H groups in total. The lowest BCUT2D eigenvalue weighted by Gasteiger charge is -2.19. The maximum absolute atomic E-state index is 13.2. The average Bonchev–Trinajstić information content (AvgIpc) is 2.69. The van der Waals surface area contributed by atoms with E-state index in [4.69, 9.17) is 0 Å². The molecule has 0 aliphatic heterocycles. The number of rotatable bonds is 7. The van der Waals surface area contributed by atoms with Crippen molar-refractivity contribution in [3.63, 3.8) is 0 Å². The van der Waals surface area contributed by atoms with Gasteiger partial charge in [0.25, 0.3) is 0 Å². The van der Waals surface area contributed by atoms with E-state index in [-0.39, 0.29) is 24.3 Å². The number of carbonyl (C=O) groups is 1. The zero-order valence-corrected chi connectivity index (χ0v) is 14.2. The van der Waals surface area contributed by atoms with Gasteiger partial charge in [0.15, 0.2) is 0 Å². The van der Waals surface area contributed by atoms with Gasteiger partial charge >= 0.3 is 0 Å². The van der Waals surface area contributed by atoms with E-state index in [1.807, 2.05) is 48.5 Å². The van der Waals surface area contributed by atoms with Gasteiger partial charge in [0.05, 0.1) is 24.8 Å². The Balaban J connectivity index is 1.64. The molecule has 3 aromatic rings. The van der Waals surface area contributed by atoms with E-state index in [0.29, 0.717) is 6.54 Å². The highest BCUT2D eigenvalue weighted by Gasteiger charge is 2.15. The Bertz CT molecular complexity index is 823. The van der Waals surface area contributed by atoms with Crippen molar-refractivity contribution < 1.29 is 9.18 Å². The number of hydrogen-bond donors (Lipinski definition) is 2. The number of amides is 1. The second kappa shape index (κ2) is 8.87. The molecule has 132 valence electrons. The molecule has 0 aliphatic carbocycles. The Labute approximate surface area is 152 Å². The van der Waals surface area contributed by atoms with Crippen molar-refractivity contribution in [3.8, 4) is 0 Å². The fourth-order valence-corrected chi connectivity index (χ4v) is 2.68. The quantitative estimate of drug-likeness (QED) is 0.689. The molecule has 4 nitrogen and oxygen atoms in total. The van der Waals surface area contributed by atoms with Gasteiger partial charge in [0, 0.05) is 6.20 Å². The summed E-state index contributed by atoms with van der Waals surface area (Å²) in [5, 5.41) is 6.10. The Kier molecular flexibility index (Phi) is 6.06. The van der Waals surface area contributed by atoms with E-state index in [2.05, 4.69) is 15.6 Å². The van der Waals surface area contributed by atoms with Crippen LogP contribution >= 0.6 is 0 Å². The van der Waals surface area contributed by atoms with E-state index in [1.165, 1.54) is 12.1 Å². The van der Waals surface area contributed by atoms with Crippen LogP contribution in [0.1, 0.15) is 22.9 Å². The molecule has 0 saturated carbocycles. The largest absolute Gasteiger partial charge is 0.349 e. The van der Waals surface area contributed by atoms with Crippen LogP contribution in [0.2, 0.25) is 0 Å². The summed E-state index contributed by atoms with van der Waals surface area (Å²) in [4.78, 5) is 16.4. The summed E-state index contributed by atoms with van der Waals surface area (Å²) < 4.78 is 13.2. The smallest absolute Gasteiger partial charge is 0.234 e. The molecule has 2 aromatic carbocycles. The molecule has 0 saturated heterocycles. The van der Waals surface area contributed by atoms with Crippen LogP contribution in [-0.2, 0) is 11.3 Å². The summed E-state index contributed by atoms with van der Waals surface area (Å²) in [6.07, 6.45) is 1.69. The van der Waals surface area contributed by atoms with Crippen molar-refractivity contribution in [2.24, 2.45) is 0 Å². The number of nitrogens with zero attached hydrogens (tertiary/aromatic N) is 1. The average molecular weight is 349 g/mol. The fourth-order valence-electron chi connectivity index (χ4n) is 2.68. The monoisotopic (exact) mass is 349 g/mol. The minimum atomic E-state index is -0.284. The van der Waals surface area contributed by atoms with Gasteiger partial charge in [-0.25, -0.2) is 4.39 Å². The molecule has 0 radical (unpaired) electrons. The number of hydrogen-bond acceptors (Lipinski definition) is 3. The third kappa shape index (κ3) is 4.97. The van der Waals surface area contributed by atoms with E-state index in [1.54, 1.807) is 18.3 Å². The SMILES string of the molecule is O=C(CN[C@@H](c1ccccc1)c1ccc(F)cc1)NCc1ccccn1. The highest BCUT2D eigenvalue weighted by atomic mass is 19.1. The molecule has 1 aromatic heterocycles. The highest BCUT2D eigenvalue weighted by molar-refractivity contribution is 5.78. The first-order valence-corrected chi connectivity index (χ1v) is 8.43. The first kappa shape index (κ1) is 17.8. The van der Waals surface area contributed by atoms with Crippen molar-refractivity contribution >= 4 is 5.91 Å². The molecule has 0 unspecified atom stereocenters. The molecule has 0 aliphatic rings. The molecule has 1 amide bonds. The van der Waals surface area contributed by atoms with Gasteiger partial charge in [0.1, 0.15) is 5.82 Å². The lowest BCUT2D eigenvalue weighted by molar-refractivity contribution is -0.120. The van der Waals surface area contributed by atoms with Crippen LogP contribution in [0.5, 0.6) is 0 Å². The van der Waals surface area contributed by atoms with Crippen LogP contribution in [-0.4, -0.2) is 17.4 Å². The number of pyridine rings is 1. The third-order valence-corrected chi connectivity index (χ3v) is 4.00. The number of benzene rings is 2. The Morgan fingerprint density at radius 1 is 0.923 bits per heavy atom. The van der Waals surface area contributed by atoms with Crippen LogP contribution < -0.4 is 10.6 Å². The van der Waals surface area contributed by atoms with Crippen molar-refractivity contribution in [2.45, 2.75) is 12.6 Å². The third-order valence-electron chi connectivity index (χ3n) is 4.00. The zero-order valence-electron chi connectivity index (χ0n) is 14.2. The van der Waals surface area contributed by atoms with Crippen molar-refractivity contribution in [1.29, 1.82) is 0 Å². The number of aromatic nitrogens is 1. The molecule has 0 fully saturated rings. The van der Waals surface area contributed by atoms with Crippen molar-refractivity contribution in [2.75, 3.05) is 6.54 Å². The van der Waals surface area contributed by atoms with Crippen LogP contribution in [0, 0.1) is 5.82 Å². The van der Waals surface area contributed by atoms with Gasteiger partial charge in [0.2, 0.25) is 5.91 Å². The Morgan fingerprint density at radius 3 is 2.31 bits per heavy atom. The molecular formula is C21H20FN3O. The first-order chi connectivity index (χ1) is 12.7.